The smallest absolute Gasteiger partial charge is 0.271 e. The third-order valence-corrected chi connectivity index (χ3v) is 5.00. The fraction of sp³-hybridized carbons (Fsp3) is 0.389. The predicted octanol–water partition coefficient (Wildman–Crippen LogP) is 1.77. The van der Waals surface area contributed by atoms with Crippen molar-refractivity contribution in [1.82, 2.24) is 14.5 Å². The number of likely N-dealkylation sites (tertiary alicyclic amines) is 1. The third kappa shape index (κ3) is 4.16. The molecule has 2 aromatic rings. The topological polar surface area (TPSA) is 116 Å². The normalized spacial score (nSPS) is 15.0. The van der Waals surface area contributed by atoms with Crippen LogP contribution >= 0.6 is 11.6 Å². The van der Waals surface area contributed by atoms with Gasteiger partial charge in [-0.2, -0.15) is 0 Å². The molecule has 9 heteroatoms. The van der Waals surface area contributed by atoms with E-state index in [9.17, 15) is 9.59 Å². The Balaban J connectivity index is 1.54. The van der Waals surface area contributed by atoms with E-state index in [2.05, 4.69) is 4.98 Å². The second-order valence-corrected chi connectivity index (χ2v) is 7.00. The molecule has 0 bridgehead atoms. The van der Waals surface area contributed by atoms with Crippen LogP contribution in [-0.4, -0.2) is 46.0 Å². The Hall–Kier alpha value is -2.74. The van der Waals surface area contributed by atoms with Crippen LogP contribution in [0.25, 0.3) is 0 Å². The van der Waals surface area contributed by atoms with E-state index in [0.717, 1.165) is 5.56 Å². The van der Waals surface area contributed by atoms with Gasteiger partial charge in [0.15, 0.2) is 12.3 Å². The molecule has 1 fully saturated rings. The number of hydrogen-bond donors (Lipinski definition) is 2. The number of aromatic nitrogens is 2. The number of hydrogen-bond acceptors (Lipinski definition) is 5. The number of halogens is 1. The summed E-state index contributed by atoms with van der Waals surface area (Å²) >= 11 is 5.92. The lowest BCUT2D eigenvalue weighted by Crippen LogP contribution is -2.41. The highest BCUT2D eigenvalue weighted by atomic mass is 35.5. The molecule has 1 saturated heterocycles. The summed E-state index contributed by atoms with van der Waals surface area (Å²) < 4.78 is 7.39. The third-order valence-electron chi connectivity index (χ3n) is 4.76. The Morgan fingerprint density at radius 3 is 2.63 bits per heavy atom. The molecule has 0 aliphatic carbocycles. The van der Waals surface area contributed by atoms with Gasteiger partial charge in [0.2, 0.25) is 0 Å². The number of amides is 2. The maximum atomic E-state index is 12.4. The zero-order chi connectivity index (χ0) is 19.6. The molecule has 0 spiro atoms. The summed E-state index contributed by atoms with van der Waals surface area (Å²) in [7, 11) is 0. The van der Waals surface area contributed by atoms with Gasteiger partial charge in [-0.15, -0.1) is 0 Å². The quantitative estimate of drug-likeness (QED) is 0.805. The van der Waals surface area contributed by atoms with E-state index in [0.29, 0.717) is 36.7 Å². The summed E-state index contributed by atoms with van der Waals surface area (Å²) in [6, 6.07) is 5.36. The maximum Gasteiger partial charge on any atom is 0.271 e. The SMILES string of the molecule is Cc1cc(Cl)ccc1OCC(=O)N1CCC(n2cnc(C(N)=O)c2N)CC1. The van der Waals surface area contributed by atoms with Crippen molar-refractivity contribution in [3.63, 3.8) is 0 Å². The first kappa shape index (κ1) is 19.0. The second-order valence-electron chi connectivity index (χ2n) is 6.56. The number of carbonyl (C=O) groups is 2. The van der Waals surface area contributed by atoms with Crippen molar-refractivity contribution in [3.05, 3.63) is 40.8 Å². The van der Waals surface area contributed by atoms with E-state index in [1.807, 2.05) is 6.92 Å². The highest BCUT2D eigenvalue weighted by molar-refractivity contribution is 6.30. The number of nitrogens with two attached hydrogens (primary N) is 2. The minimum atomic E-state index is -0.645. The Morgan fingerprint density at radius 1 is 1.33 bits per heavy atom. The molecule has 1 aromatic heterocycles. The van der Waals surface area contributed by atoms with Gasteiger partial charge in [0.1, 0.15) is 11.6 Å². The zero-order valence-corrected chi connectivity index (χ0v) is 15.8. The number of benzene rings is 1. The lowest BCUT2D eigenvalue weighted by atomic mass is 10.0. The van der Waals surface area contributed by atoms with Crippen molar-refractivity contribution in [1.29, 1.82) is 0 Å². The number of piperidine rings is 1. The molecule has 4 N–H and O–H groups in total. The number of nitrogen functional groups attached to an aromatic ring is 1. The molecule has 2 heterocycles. The number of imidazole rings is 1. The van der Waals surface area contributed by atoms with Crippen LogP contribution in [0.3, 0.4) is 0 Å². The van der Waals surface area contributed by atoms with E-state index in [-0.39, 0.29) is 30.1 Å². The first-order chi connectivity index (χ1) is 12.9. The van der Waals surface area contributed by atoms with Crippen LogP contribution in [0, 0.1) is 6.92 Å². The van der Waals surface area contributed by atoms with E-state index >= 15 is 0 Å². The summed E-state index contributed by atoms with van der Waals surface area (Å²) in [6.07, 6.45) is 2.96. The summed E-state index contributed by atoms with van der Waals surface area (Å²) in [5, 5.41) is 0.631. The zero-order valence-electron chi connectivity index (χ0n) is 15.0. The molecule has 0 radical (unpaired) electrons. The van der Waals surface area contributed by atoms with Crippen molar-refractivity contribution in [2.24, 2.45) is 5.73 Å². The molecule has 0 unspecified atom stereocenters. The van der Waals surface area contributed by atoms with Gasteiger partial charge in [-0.1, -0.05) is 11.6 Å². The van der Waals surface area contributed by atoms with Crippen molar-refractivity contribution in [2.45, 2.75) is 25.8 Å². The number of ether oxygens (including phenoxy) is 1. The average Bonchev–Trinajstić information content (AvgIpc) is 3.02. The highest BCUT2D eigenvalue weighted by Crippen LogP contribution is 2.27. The lowest BCUT2D eigenvalue weighted by molar-refractivity contribution is -0.134. The number of carbonyl (C=O) groups excluding carboxylic acids is 2. The first-order valence-electron chi connectivity index (χ1n) is 8.65. The van der Waals surface area contributed by atoms with E-state index < -0.39 is 5.91 Å². The second kappa shape index (κ2) is 7.87. The monoisotopic (exact) mass is 391 g/mol. The Labute approximate surface area is 162 Å². The van der Waals surface area contributed by atoms with E-state index in [4.69, 9.17) is 27.8 Å². The highest BCUT2D eigenvalue weighted by Gasteiger charge is 2.26. The van der Waals surface area contributed by atoms with Crippen LogP contribution in [0.15, 0.2) is 24.5 Å². The molecular weight excluding hydrogens is 370 g/mol. The molecule has 1 aliphatic rings. The molecule has 2 amide bonds. The molecule has 0 saturated carbocycles. The van der Waals surface area contributed by atoms with E-state index in [1.165, 1.54) is 6.33 Å². The van der Waals surface area contributed by atoms with Gasteiger partial charge in [0.05, 0.1) is 6.33 Å². The average molecular weight is 392 g/mol. The number of primary amides is 1. The molecule has 8 nitrogen and oxygen atoms in total. The van der Waals surface area contributed by atoms with Gasteiger partial charge in [-0.3, -0.25) is 9.59 Å². The minimum Gasteiger partial charge on any atom is -0.483 e. The molecule has 27 heavy (non-hydrogen) atoms. The predicted molar refractivity (Wildman–Crippen MR) is 102 cm³/mol. The molecular formula is C18H22ClN5O3. The fourth-order valence-electron chi connectivity index (χ4n) is 3.25. The van der Waals surface area contributed by atoms with Crippen molar-refractivity contribution in [2.75, 3.05) is 25.4 Å². The van der Waals surface area contributed by atoms with Gasteiger partial charge < -0.3 is 25.7 Å². The van der Waals surface area contributed by atoms with Crippen LogP contribution in [0.4, 0.5) is 5.82 Å². The molecule has 1 aliphatic heterocycles. The van der Waals surface area contributed by atoms with Crippen molar-refractivity contribution < 1.29 is 14.3 Å². The Bertz CT molecular complexity index is 859. The lowest BCUT2D eigenvalue weighted by Gasteiger charge is -2.33. The summed E-state index contributed by atoms with van der Waals surface area (Å²) in [4.78, 5) is 29.4. The van der Waals surface area contributed by atoms with Crippen LogP contribution in [0.1, 0.15) is 34.9 Å². The van der Waals surface area contributed by atoms with Crippen LogP contribution in [0.2, 0.25) is 5.02 Å². The number of nitrogens with zero attached hydrogens (tertiary/aromatic N) is 3. The summed E-state index contributed by atoms with van der Waals surface area (Å²) in [5.41, 5.74) is 12.2. The Morgan fingerprint density at radius 2 is 2.04 bits per heavy atom. The summed E-state index contributed by atoms with van der Waals surface area (Å²) in [5.74, 6) is 0.203. The molecule has 0 atom stereocenters. The van der Waals surface area contributed by atoms with E-state index in [1.54, 1.807) is 27.7 Å². The first-order valence-corrected chi connectivity index (χ1v) is 9.03. The molecule has 3 rings (SSSR count). The largest absolute Gasteiger partial charge is 0.483 e. The number of rotatable bonds is 5. The molecule has 1 aromatic carbocycles. The van der Waals surface area contributed by atoms with Crippen LogP contribution in [-0.2, 0) is 4.79 Å². The van der Waals surface area contributed by atoms with Gasteiger partial charge in [0.25, 0.3) is 11.8 Å². The number of aryl methyl sites for hydroxylation is 1. The fourth-order valence-corrected chi connectivity index (χ4v) is 3.48. The maximum absolute atomic E-state index is 12.4. The van der Waals surface area contributed by atoms with Gasteiger partial charge in [-0.05, 0) is 43.5 Å². The van der Waals surface area contributed by atoms with Gasteiger partial charge in [-0.25, -0.2) is 4.98 Å². The van der Waals surface area contributed by atoms with Crippen molar-refractivity contribution >= 4 is 29.2 Å². The molecule has 144 valence electrons. The van der Waals surface area contributed by atoms with Crippen LogP contribution in [0.5, 0.6) is 5.75 Å². The summed E-state index contributed by atoms with van der Waals surface area (Å²) in [6.45, 7) is 3.02. The van der Waals surface area contributed by atoms with Crippen LogP contribution < -0.4 is 16.2 Å². The Kier molecular flexibility index (Phi) is 5.55. The van der Waals surface area contributed by atoms with Gasteiger partial charge >= 0.3 is 0 Å². The van der Waals surface area contributed by atoms with Crippen molar-refractivity contribution in [3.8, 4) is 5.75 Å². The number of anilines is 1. The standard InChI is InChI=1S/C18H22ClN5O3/c1-11-8-12(19)2-3-14(11)27-9-15(25)23-6-4-13(5-7-23)24-10-22-16(17(24)20)18(21)26/h2-3,8,10,13H,4-7,9,20H2,1H3,(H2,21,26). The van der Waals surface area contributed by atoms with Gasteiger partial charge in [0, 0.05) is 24.2 Å². The minimum absolute atomic E-state index is 0.0216.